The normalized spacial score (nSPS) is 26.0. The molecular weight excluding hydrogens is 254 g/mol. The third-order valence-electron chi connectivity index (χ3n) is 4.05. The first-order chi connectivity index (χ1) is 9.09. The zero-order chi connectivity index (χ0) is 13.9. The maximum absolute atomic E-state index is 12.5. The van der Waals surface area contributed by atoms with Crippen molar-refractivity contribution in [2.75, 3.05) is 19.8 Å². The van der Waals surface area contributed by atoms with Crippen LogP contribution in [0.5, 0.6) is 0 Å². The smallest absolute Gasteiger partial charge is 0.261 e. The molecule has 1 aliphatic heterocycles. The lowest BCUT2D eigenvalue weighted by atomic mass is 9.98. The Bertz CT molecular complexity index is 320. The largest absolute Gasteiger partial charge is 0.374 e. The Hall–Kier alpha value is -0.750. The standard InChI is InChI=1S/C13H22F2N2O2/c1-2-11-16-13(5-3-4-6-13)12(18)17(11)7-8-19-9-10(14)15/h10-11,16H,2-9H2,1H3. The Kier molecular flexibility index (Phi) is 4.73. The zero-order valence-corrected chi connectivity index (χ0v) is 11.3. The van der Waals surface area contributed by atoms with Gasteiger partial charge < -0.3 is 9.64 Å². The van der Waals surface area contributed by atoms with E-state index in [0.717, 1.165) is 32.1 Å². The van der Waals surface area contributed by atoms with E-state index < -0.39 is 13.0 Å². The summed E-state index contributed by atoms with van der Waals surface area (Å²) in [6, 6.07) is 0. The Morgan fingerprint density at radius 2 is 2.16 bits per heavy atom. The lowest BCUT2D eigenvalue weighted by molar-refractivity contribution is -0.134. The van der Waals surface area contributed by atoms with Gasteiger partial charge in [-0.25, -0.2) is 8.78 Å². The minimum absolute atomic E-state index is 0.0146. The molecule has 0 aromatic rings. The molecule has 6 heteroatoms. The third-order valence-corrected chi connectivity index (χ3v) is 4.05. The topological polar surface area (TPSA) is 41.6 Å². The van der Waals surface area contributed by atoms with Crippen molar-refractivity contribution >= 4 is 5.91 Å². The summed E-state index contributed by atoms with van der Waals surface area (Å²) in [5.41, 5.74) is -0.386. The van der Waals surface area contributed by atoms with Crippen LogP contribution in [0.25, 0.3) is 0 Å². The van der Waals surface area contributed by atoms with Crippen LogP contribution in [0.2, 0.25) is 0 Å². The number of rotatable bonds is 6. The third kappa shape index (κ3) is 3.05. The number of hydrogen-bond acceptors (Lipinski definition) is 3. The molecule has 19 heavy (non-hydrogen) atoms. The van der Waals surface area contributed by atoms with Crippen molar-refractivity contribution in [2.45, 2.75) is 57.2 Å². The summed E-state index contributed by atoms with van der Waals surface area (Å²) in [6.07, 6.45) is 2.31. The van der Waals surface area contributed by atoms with Crippen molar-refractivity contribution in [2.24, 2.45) is 0 Å². The first-order valence-corrected chi connectivity index (χ1v) is 7.04. The fourth-order valence-electron chi connectivity index (χ4n) is 3.13. The highest BCUT2D eigenvalue weighted by Gasteiger charge is 2.51. The molecule has 1 aliphatic carbocycles. The van der Waals surface area contributed by atoms with E-state index in [2.05, 4.69) is 5.32 Å². The Morgan fingerprint density at radius 1 is 1.47 bits per heavy atom. The van der Waals surface area contributed by atoms with E-state index in [1.54, 1.807) is 4.90 Å². The Balaban J connectivity index is 1.89. The molecule has 1 saturated carbocycles. The fourth-order valence-corrected chi connectivity index (χ4v) is 3.13. The SMILES string of the molecule is CCC1NC2(CCCC2)C(=O)N1CCOCC(F)F. The molecule has 4 nitrogen and oxygen atoms in total. The van der Waals surface area contributed by atoms with Gasteiger partial charge in [0.15, 0.2) is 0 Å². The number of hydrogen-bond donors (Lipinski definition) is 1. The number of nitrogens with one attached hydrogen (secondary N) is 1. The second-order valence-electron chi connectivity index (χ2n) is 5.32. The number of nitrogens with zero attached hydrogens (tertiary/aromatic N) is 1. The van der Waals surface area contributed by atoms with E-state index in [-0.39, 0.29) is 24.2 Å². The van der Waals surface area contributed by atoms with Crippen molar-refractivity contribution < 1.29 is 18.3 Å². The van der Waals surface area contributed by atoms with Crippen LogP contribution in [0.1, 0.15) is 39.0 Å². The summed E-state index contributed by atoms with van der Waals surface area (Å²) in [4.78, 5) is 14.2. The van der Waals surface area contributed by atoms with Gasteiger partial charge in [-0.05, 0) is 19.3 Å². The van der Waals surface area contributed by atoms with Gasteiger partial charge in [-0.2, -0.15) is 0 Å². The molecule has 0 aromatic carbocycles. The summed E-state index contributed by atoms with van der Waals surface area (Å²) >= 11 is 0. The molecule has 2 rings (SSSR count). The molecule has 1 saturated heterocycles. The van der Waals surface area contributed by atoms with Gasteiger partial charge in [0.2, 0.25) is 5.91 Å². The van der Waals surface area contributed by atoms with Crippen LogP contribution in [0.4, 0.5) is 8.78 Å². The minimum Gasteiger partial charge on any atom is -0.374 e. The molecule has 1 spiro atoms. The average molecular weight is 276 g/mol. The Morgan fingerprint density at radius 3 is 2.74 bits per heavy atom. The molecule has 1 unspecified atom stereocenters. The average Bonchev–Trinajstić information content (AvgIpc) is 2.94. The van der Waals surface area contributed by atoms with Crippen LogP contribution in [0, 0.1) is 0 Å². The van der Waals surface area contributed by atoms with E-state index in [9.17, 15) is 13.6 Å². The molecule has 0 aromatic heterocycles. The highest BCUT2D eigenvalue weighted by atomic mass is 19.3. The first kappa shape index (κ1) is 14.7. The number of carbonyl (C=O) groups is 1. The maximum Gasteiger partial charge on any atom is 0.261 e. The van der Waals surface area contributed by atoms with Crippen LogP contribution in [0.15, 0.2) is 0 Å². The molecule has 1 heterocycles. The van der Waals surface area contributed by atoms with Crippen LogP contribution < -0.4 is 5.32 Å². The molecule has 1 amide bonds. The minimum atomic E-state index is -2.45. The van der Waals surface area contributed by atoms with Crippen LogP contribution >= 0.6 is 0 Å². The van der Waals surface area contributed by atoms with Crippen LogP contribution in [-0.4, -0.2) is 48.7 Å². The lowest BCUT2D eigenvalue weighted by Gasteiger charge is -2.23. The van der Waals surface area contributed by atoms with Gasteiger partial charge >= 0.3 is 0 Å². The van der Waals surface area contributed by atoms with E-state index in [1.807, 2.05) is 6.92 Å². The molecule has 2 aliphatic rings. The van der Waals surface area contributed by atoms with E-state index in [0.29, 0.717) is 6.54 Å². The second-order valence-corrected chi connectivity index (χ2v) is 5.32. The summed E-state index contributed by atoms with van der Waals surface area (Å²) in [7, 11) is 0. The number of carbonyl (C=O) groups excluding carboxylic acids is 1. The van der Waals surface area contributed by atoms with Gasteiger partial charge in [0, 0.05) is 6.54 Å². The quantitative estimate of drug-likeness (QED) is 0.751. The van der Waals surface area contributed by atoms with Crippen molar-refractivity contribution in [3.8, 4) is 0 Å². The van der Waals surface area contributed by atoms with Gasteiger partial charge in [0.05, 0.1) is 18.3 Å². The highest BCUT2D eigenvalue weighted by molar-refractivity contribution is 5.89. The van der Waals surface area contributed by atoms with Crippen LogP contribution in [0.3, 0.4) is 0 Å². The van der Waals surface area contributed by atoms with Crippen LogP contribution in [-0.2, 0) is 9.53 Å². The van der Waals surface area contributed by atoms with Gasteiger partial charge in [-0.15, -0.1) is 0 Å². The first-order valence-electron chi connectivity index (χ1n) is 7.04. The molecule has 1 atom stereocenters. The second kappa shape index (κ2) is 6.13. The van der Waals surface area contributed by atoms with Gasteiger partial charge in [-0.3, -0.25) is 10.1 Å². The van der Waals surface area contributed by atoms with E-state index in [4.69, 9.17) is 4.74 Å². The maximum atomic E-state index is 12.5. The van der Waals surface area contributed by atoms with Gasteiger partial charge in [0.1, 0.15) is 6.61 Å². The Labute approximate surface area is 112 Å². The van der Waals surface area contributed by atoms with Crippen molar-refractivity contribution in [1.82, 2.24) is 10.2 Å². The number of amides is 1. The molecule has 0 radical (unpaired) electrons. The molecule has 1 N–H and O–H groups in total. The van der Waals surface area contributed by atoms with E-state index >= 15 is 0 Å². The van der Waals surface area contributed by atoms with Crippen molar-refractivity contribution in [3.05, 3.63) is 0 Å². The predicted molar refractivity (Wildman–Crippen MR) is 66.9 cm³/mol. The number of ether oxygens (including phenoxy) is 1. The summed E-state index contributed by atoms with van der Waals surface area (Å²) < 4.78 is 28.8. The predicted octanol–water partition coefficient (Wildman–Crippen LogP) is 1.75. The molecular formula is C13H22F2N2O2. The van der Waals surface area contributed by atoms with Gasteiger partial charge in [0.25, 0.3) is 6.43 Å². The summed E-state index contributed by atoms with van der Waals surface area (Å²) in [5.74, 6) is 0.123. The molecule has 2 fully saturated rings. The van der Waals surface area contributed by atoms with Gasteiger partial charge in [-0.1, -0.05) is 19.8 Å². The summed E-state index contributed by atoms with van der Waals surface area (Å²) in [5, 5.41) is 3.44. The molecule has 110 valence electrons. The van der Waals surface area contributed by atoms with Crippen molar-refractivity contribution in [1.29, 1.82) is 0 Å². The zero-order valence-electron chi connectivity index (χ0n) is 11.3. The number of alkyl halides is 2. The highest BCUT2D eigenvalue weighted by Crippen LogP contribution is 2.36. The fraction of sp³-hybridized carbons (Fsp3) is 0.923. The monoisotopic (exact) mass is 276 g/mol. The van der Waals surface area contributed by atoms with Crippen molar-refractivity contribution in [3.63, 3.8) is 0 Å². The molecule has 0 bridgehead atoms. The summed E-state index contributed by atoms with van der Waals surface area (Å²) in [6.45, 7) is 2.02. The number of halogens is 2. The lowest BCUT2D eigenvalue weighted by Crippen LogP contribution is -2.44. The van der Waals surface area contributed by atoms with E-state index in [1.165, 1.54) is 0 Å².